The van der Waals surface area contributed by atoms with Crippen LogP contribution in [0.1, 0.15) is 34.6 Å². The maximum absolute atomic E-state index is 10.6. The Morgan fingerprint density at radius 2 is 1.76 bits per heavy atom. The Morgan fingerprint density at radius 1 is 1.29 bits per heavy atom. The quantitative estimate of drug-likeness (QED) is 0.590. The predicted octanol–water partition coefficient (Wildman–Crippen LogP) is 2.84. The molecule has 4 heteroatoms. The molecule has 0 fully saturated rings. The third-order valence-electron chi connectivity index (χ3n) is 3.85. The number of carbonyl (C=O) groups is 1. The molecule has 0 aliphatic heterocycles. The molecule has 0 heterocycles. The highest BCUT2D eigenvalue weighted by Crippen LogP contribution is 2.36. The standard InChI is InChI=1S/C13H28O3Si/c1-10(8-14)12(15)11(2)9-16-17(6,7)13(3,4)5/h8,10-12,15H,9H2,1-7H3/t10-,11-,12-/m1/s1. The highest BCUT2D eigenvalue weighted by molar-refractivity contribution is 6.74. The SMILES string of the molecule is C[C@H](C=O)[C@@H](O)[C@H](C)CO[Si](C)(C)C(C)(C)C. The lowest BCUT2D eigenvalue weighted by Gasteiger charge is -2.37. The first-order chi connectivity index (χ1) is 7.53. The summed E-state index contributed by atoms with van der Waals surface area (Å²) in [5, 5.41) is 10.1. The molecule has 0 aromatic carbocycles. The van der Waals surface area contributed by atoms with Gasteiger partial charge in [-0.25, -0.2) is 0 Å². The summed E-state index contributed by atoms with van der Waals surface area (Å²) in [7, 11) is -1.76. The van der Waals surface area contributed by atoms with Gasteiger partial charge in [0.2, 0.25) is 0 Å². The third kappa shape index (κ3) is 4.90. The first-order valence-electron chi connectivity index (χ1n) is 6.30. The predicted molar refractivity (Wildman–Crippen MR) is 73.5 cm³/mol. The Bertz CT molecular complexity index is 246. The third-order valence-corrected chi connectivity index (χ3v) is 8.35. The molecule has 0 saturated carbocycles. The average molecular weight is 260 g/mol. The van der Waals surface area contributed by atoms with Gasteiger partial charge in [0, 0.05) is 18.4 Å². The molecule has 3 nitrogen and oxygen atoms in total. The molecule has 0 amide bonds. The van der Waals surface area contributed by atoms with Gasteiger partial charge in [0.25, 0.3) is 0 Å². The Hall–Kier alpha value is -0.193. The first-order valence-corrected chi connectivity index (χ1v) is 9.21. The van der Waals surface area contributed by atoms with Crippen molar-refractivity contribution in [3.8, 4) is 0 Å². The molecule has 0 aliphatic carbocycles. The fourth-order valence-corrected chi connectivity index (χ4v) is 2.37. The fraction of sp³-hybridized carbons (Fsp3) is 0.923. The number of aliphatic hydroxyl groups is 1. The van der Waals surface area contributed by atoms with Crippen molar-refractivity contribution >= 4 is 14.6 Å². The number of aldehydes is 1. The molecule has 0 saturated heterocycles. The largest absolute Gasteiger partial charge is 0.416 e. The van der Waals surface area contributed by atoms with Crippen molar-refractivity contribution in [1.29, 1.82) is 0 Å². The highest BCUT2D eigenvalue weighted by Gasteiger charge is 2.37. The van der Waals surface area contributed by atoms with Gasteiger partial charge in [-0.2, -0.15) is 0 Å². The van der Waals surface area contributed by atoms with E-state index in [1.54, 1.807) is 6.92 Å². The van der Waals surface area contributed by atoms with Gasteiger partial charge >= 0.3 is 0 Å². The molecule has 0 aliphatic rings. The van der Waals surface area contributed by atoms with Crippen LogP contribution in [0.15, 0.2) is 0 Å². The Kier molecular flexibility index (Phi) is 6.05. The van der Waals surface area contributed by atoms with Gasteiger partial charge < -0.3 is 14.3 Å². The molecule has 0 aromatic heterocycles. The van der Waals surface area contributed by atoms with Gasteiger partial charge in [-0.15, -0.1) is 0 Å². The van der Waals surface area contributed by atoms with Crippen LogP contribution in [0.2, 0.25) is 18.1 Å². The van der Waals surface area contributed by atoms with Gasteiger partial charge in [0.15, 0.2) is 8.32 Å². The molecule has 102 valence electrons. The number of aliphatic hydroxyl groups excluding tert-OH is 1. The molecule has 0 rings (SSSR count). The Balaban J connectivity index is 4.34. The fourth-order valence-electron chi connectivity index (χ4n) is 1.25. The van der Waals surface area contributed by atoms with E-state index in [1.165, 1.54) is 0 Å². The van der Waals surface area contributed by atoms with Crippen molar-refractivity contribution in [1.82, 2.24) is 0 Å². The number of hydrogen-bond donors (Lipinski definition) is 1. The van der Waals surface area contributed by atoms with E-state index in [0.29, 0.717) is 6.61 Å². The van der Waals surface area contributed by atoms with Crippen LogP contribution in [0.5, 0.6) is 0 Å². The van der Waals surface area contributed by atoms with Crippen molar-refractivity contribution < 1.29 is 14.3 Å². The van der Waals surface area contributed by atoms with Crippen molar-refractivity contribution in [3.05, 3.63) is 0 Å². The monoisotopic (exact) mass is 260 g/mol. The van der Waals surface area contributed by atoms with Gasteiger partial charge in [-0.3, -0.25) is 0 Å². The highest BCUT2D eigenvalue weighted by atomic mass is 28.4. The van der Waals surface area contributed by atoms with E-state index in [9.17, 15) is 9.90 Å². The second-order valence-electron chi connectivity index (χ2n) is 6.53. The summed E-state index contributed by atoms with van der Waals surface area (Å²) in [5.41, 5.74) is 0. The topological polar surface area (TPSA) is 46.5 Å². The number of hydrogen-bond acceptors (Lipinski definition) is 3. The van der Waals surface area contributed by atoms with Crippen molar-refractivity contribution in [2.24, 2.45) is 11.8 Å². The van der Waals surface area contributed by atoms with E-state index in [1.807, 2.05) is 6.92 Å². The lowest BCUT2D eigenvalue weighted by atomic mass is 9.95. The Morgan fingerprint density at radius 3 is 2.12 bits per heavy atom. The zero-order valence-electron chi connectivity index (χ0n) is 12.3. The van der Waals surface area contributed by atoms with Gasteiger partial charge in [0.05, 0.1) is 6.10 Å². The van der Waals surface area contributed by atoms with Crippen LogP contribution in [0.3, 0.4) is 0 Å². The zero-order valence-corrected chi connectivity index (χ0v) is 13.3. The lowest BCUT2D eigenvalue weighted by molar-refractivity contribution is -0.114. The van der Waals surface area contributed by atoms with Crippen LogP contribution in [-0.4, -0.2) is 32.4 Å². The van der Waals surface area contributed by atoms with E-state index in [-0.39, 0.29) is 16.9 Å². The summed E-state index contributed by atoms with van der Waals surface area (Å²) in [6.07, 6.45) is 0.185. The van der Waals surface area contributed by atoms with E-state index in [4.69, 9.17) is 4.43 Å². The molecular formula is C13H28O3Si. The van der Waals surface area contributed by atoms with Gasteiger partial charge in [-0.05, 0) is 18.1 Å². The molecule has 17 heavy (non-hydrogen) atoms. The Labute approximate surface area is 107 Å². The molecule has 3 atom stereocenters. The summed E-state index contributed by atoms with van der Waals surface area (Å²) >= 11 is 0. The minimum atomic E-state index is -1.76. The smallest absolute Gasteiger partial charge is 0.191 e. The van der Waals surface area contributed by atoms with Crippen molar-refractivity contribution in [3.63, 3.8) is 0 Å². The number of carbonyl (C=O) groups excluding carboxylic acids is 1. The first kappa shape index (κ1) is 16.8. The summed E-state index contributed by atoms with van der Waals surface area (Å²) < 4.78 is 6.03. The summed E-state index contributed by atoms with van der Waals surface area (Å²) in [6.45, 7) is 15.1. The molecule has 0 radical (unpaired) electrons. The van der Waals surface area contributed by atoms with E-state index >= 15 is 0 Å². The molecule has 0 unspecified atom stereocenters. The van der Waals surface area contributed by atoms with E-state index < -0.39 is 14.4 Å². The van der Waals surface area contributed by atoms with E-state index in [2.05, 4.69) is 33.9 Å². The van der Waals surface area contributed by atoms with Crippen LogP contribution in [-0.2, 0) is 9.22 Å². The van der Waals surface area contributed by atoms with E-state index in [0.717, 1.165) is 6.29 Å². The number of rotatable bonds is 6. The van der Waals surface area contributed by atoms with Crippen LogP contribution in [0, 0.1) is 11.8 Å². The molecule has 0 aromatic rings. The van der Waals surface area contributed by atoms with Crippen molar-refractivity contribution in [2.75, 3.05) is 6.61 Å². The normalized spacial score (nSPS) is 18.6. The minimum Gasteiger partial charge on any atom is -0.416 e. The minimum absolute atomic E-state index is 0.00988. The van der Waals surface area contributed by atoms with Crippen LogP contribution in [0.4, 0.5) is 0 Å². The average Bonchev–Trinajstić information content (AvgIpc) is 2.22. The van der Waals surface area contributed by atoms with Gasteiger partial charge in [-0.1, -0.05) is 34.6 Å². The second-order valence-corrected chi connectivity index (χ2v) is 11.3. The van der Waals surface area contributed by atoms with Crippen LogP contribution >= 0.6 is 0 Å². The lowest BCUT2D eigenvalue weighted by Crippen LogP contribution is -2.43. The molecule has 1 N–H and O–H groups in total. The zero-order chi connectivity index (χ0) is 13.9. The van der Waals surface area contributed by atoms with Crippen LogP contribution in [0.25, 0.3) is 0 Å². The van der Waals surface area contributed by atoms with Gasteiger partial charge in [0.1, 0.15) is 6.29 Å². The second kappa shape index (κ2) is 6.11. The van der Waals surface area contributed by atoms with Crippen LogP contribution < -0.4 is 0 Å². The summed E-state index contributed by atoms with van der Waals surface area (Å²) in [5.74, 6) is -0.336. The maximum atomic E-state index is 10.6. The molecular weight excluding hydrogens is 232 g/mol. The molecule has 0 spiro atoms. The summed E-state index contributed by atoms with van der Waals surface area (Å²) in [6, 6.07) is 0. The molecule has 0 bridgehead atoms. The summed E-state index contributed by atoms with van der Waals surface area (Å²) in [4.78, 5) is 10.6. The van der Waals surface area contributed by atoms with Crippen molar-refractivity contribution in [2.45, 2.75) is 58.9 Å². The maximum Gasteiger partial charge on any atom is 0.191 e.